The average Bonchev–Trinajstić information content (AvgIpc) is 2.67. The summed E-state index contributed by atoms with van der Waals surface area (Å²) < 4.78 is 26.4. The minimum absolute atomic E-state index is 0.0348. The Morgan fingerprint density at radius 3 is 2.14 bits per heavy atom. The predicted octanol–water partition coefficient (Wildman–Crippen LogP) is 3.06. The Morgan fingerprint density at radius 1 is 0.862 bits per heavy atom. The van der Waals surface area contributed by atoms with Gasteiger partial charge < -0.3 is 10.6 Å². The molecule has 0 saturated carbocycles. The highest BCUT2D eigenvalue weighted by atomic mass is 32.2. The van der Waals surface area contributed by atoms with Crippen LogP contribution in [0.15, 0.2) is 71.6 Å². The van der Waals surface area contributed by atoms with Crippen molar-refractivity contribution in [3.8, 4) is 0 Å². The molecule has 3 rings (SSSR count). The van der Waals surface area contributed by atoms with Gasteiger partial charge in [-0.2, -0.15) is 4.31 Å². The van der Waals surface area contributed by atoms with Gasteiger partial charge >= 0.3 is 0 Å². The molecule has 150 valence electrons. The maximum atomic E-state index is 12.7. The Kier molecular flexibility index (Phi) is 5.95. The van der Waals surface area contributed by atoms with Crippen LogP contribution in [0.4, 0.5) is 11.4 Å². The van der Waals surface area contributed by atoms with E-state index >= 15 is 0 Å². The Labute approximate surface area is 169 Å². The van der Waals surface area contributed by atoms with Crippen molar-refractivity contribution in [3.63, 3.8) is 0 Å². The number of fused-ring (bicyclic) bond motifs is 1. The minimum Gasteiger partial charge on any atom is -0.326 e. The van der Waals surface area contributed by atoms with E-state index in [0.29, 0.717) is 11.4 Å². The highest BCUT2D eigenvalue weighted by molar-refractivity contribution is 7.89. The zero-order chi connectivity index (χ0) is 21.0. The van der Waals surface area contributed by atoms with Crippen LogP contribution in [-0.2, 0) is 19.6 Å². The van der Waals surface area contributed by atoms with Crippen molar-refractivity contribution >= 4 is 44.0 Å². The fourth-order valence-electron chi connectivity index (χ4n) is 2.85. The molecule has 0 saturated heterocycles. The summed E-state index contributed by atoms with van der Waals surface area (Å²) in [6.07, 6.45) is 0. The van der Waals surface area contributed by atoms with Gasteiger partial charge in [0.05, 0.1) is 11.4 Å². The maximum Gasteiger partial charge on any atom is 0.243 e. The molecule has 3 aromatic rings. The van der Waals surface area contributed by atoms with Crippen molar-refractivity contribution in [2.75, 3.05) is 24.2 Å². The summed E-state index contributed by atoms with van der Waals surface area (Å²) in [5.74, 6) is -0.690. The number of benzene rings is 3. The van der Waals surface area contributed by atoms with Gasteiger partial charge in [-0.15, -0.1) is 0 Å². The minimum atomic E-state index is -3.85. The Hall–Kier alpha value is -3.23. The van der Waals surface area contributed by atoms with Gasteiger partial charge in [0.25, 0.3) is 0 Å². The third-order valence-corrected chi connectivity index (χ3v) is 6.10. The number of anilines is 2. The number of nitrogens with zero attached hydrogens (tertiary/aromatic N) is 1. The highest BCUT2D eigenvalue weighted by Crippen LogP contribution is 2.20. The molecule has 0 spiro atoms. The standard InChI is InChI=1S/C21H21N3O4S/c1-15(25)22-18-9-11-20(12-10-18)29(27,28)24(2)14-21(26)23-19-8-7-16-5-3-4-6-17(16)13-19/h3-13H,14H2,1-2H3,(H,22,25)(H,23,26). The van der Waals surface area contributed by atoms with Crippen LogP contribution in [0.5, 0.6) is 0 Å². The molecule has 0 atom stereocenters. The van der Waals surface area contributed by atoms with Gasteiger partial charge in [0.1, 0.15) is 0 Å². The largest absolute Gasteiger partial charge is 0.326 e. The third kappa shape index (κ3) is 4.98. The smallest absolute Gasteiger partial charge is 0.243 e. The topological polar surface area (TPSA) is 95.6 Å². The predicted molar refractivity (Wildman–Crippen MR) is 113 cm³/mol. The summed E-state index contributed by atoms with van der Waals surface area (Å²) >= 11 is 0. The van der Waals surface area contributed by atoms with Gasteiger partial charge in [-0.25, -0.2) is 8.42 Å². The second kappa shape index (κ2) is 8.42. The van der Waals surface area contributed by atoms with Crippen LogP contribution in [-0.4, -0.2) is 38.1 Å². The van der Waals surface area contributed by atoms with Gasteiger partial charge in [-0.3, -0.25) is 9.59 Å². The van der Waals surface area contributed by atoms with E-state index < -0.39 is 15.9 Å². The number of carbonyl (C=O) groups is 2. The number of hydrogen-bond acceptors (Lipinski definition) is 4. The molecule has 0 radical (unpaired) electrons. The number of sulfonamides is 1. The lowest BCUT2D eigenvalue weighted by atomic mass is 10.1. The molecule has 0 aliphatic carbocycles. The number of nitrogens with one attached hydrogen (secondary N) is 2. The Balaban J connectivity index is 1.67. The van der Waals surface area contributed by atoms with Crippen molar-refractivity contribution in [1.29, 1.82) is 0 Å². The van der Waals surface area contributed by atoms with Crippen LogP contribution in [0.25, 0.3) is 10.8 Å². The number of likely N-dealkylation sites (N-methyl/N-ethyl adjacent to an activating group) is 1. The van der Waals surface area contributed by atoms with Gasteiger partial charge in [-0.1, -0.05) is 30.3 Å². The van der Waals surface area contributed by atoms with E-state index in [1.165, 1.54) is 38.2 Å². The van der Waals surface area contributed by atoms with Gasteiger partial charge in [-0.05, 0) is 47.2 Å². The Morgan fingerprint density at radius 2 is 1.48 bits per heavy atom. The molecule has 8 heteroatoms. The molecule has 0 bridgehead atoms. The molecule has 0 aromatic heterocycles. The van der Waals surface area contributed by atoms with Crippen LogP contribution >= 0.6 is 0 Å². The van der Waals surface area contributed by atoms with E-state index in [4.69, 9.17) is 0 Å². The first-order valence-corrected chi connectivity index (χ1v) is 10.3. The van der Waals surface area contributed by atoms with E-state index in [0.717, 1.165) is 15.1 Å². The third-order valence-electron chi connectivity index (χ3n) is 4.28. The monoisotopic (exact) mass is 411 g/mol. The molecular formula is C21H21N3O4S. The van der Waals surface area contributed by atoms with Crippen LogP contribution in [0.2, 0.25) is 0 Å². The van der Waals surface area contributed by atoms with Crippen LogP contribution in [0, 0.1) is 0 Å². The quantitative estimate of drug-likeness (QED) is 0.652. The highest BCUT2D eigenvalue weighted by Gasteiger charge is 2.23. The fraction of sp³-hybridized carbons (Fsp3) is 0.143. The van der Waals surface area contributed by atoms with Crippen LogP contribution in [0.3, 0.4) is 0 Å². The normalized spacial score (nSPS) is 11.4. The van der Waals surface area contributed by atoms with E-state index in [9.17, 15) is 18.0 Å². The van der Waals surface area contributed by atoms with E-state index in [1.54, 1.807) is 6.07 Å². The number of amides is 2. The number of rotatable bonds is 6. The molecule has 0 aliphatic heterocycles. The maximum absolute atomic E-state index is 12.7. The summed E-state index contributed by atoms with van der Waals surface area (Å²) in [4.78, 5) is 23.4. The zero-order valence-electron chi connectivity index (χ0n) is 16.0. The van der Waals surface area contributed by atoms with E-state index in [-0.39, 0.29) is 17.3 Å². The molecule has 0 fully saturated rings. The van der Waals surface area contributed by atoms with Gasteiger partial charge in [0, 0.05) is 25.3 Å². The summed E-state index contributed by atoms with van der Waals surface area (Å²) in [6.45, 7) is 1.04. The van der Waals surface area contributed by atoms with Crippen molar-refractivity contribution < 1.29 is 18.0 Å². The number of hydrogen-bond donors (Lipinski definition) is 2. The summed E-state index contributed by atoms with van der Waals surface area (Å²) in [5, 5.41) is 7.33. The molecular weight excluding hydrogens is 390 g/mol. The summed E-state index contributed by atoms with van der Waals surface area (Å²) in [7, 11) is -2.50. The van der Waals surface area contributed by atoms with E-state index in [2.05, 4.69) is 10.6 Å². The van der Waals surface area contributed by atoms with Crippen LogP contribution in [0.1, 0.15) is 6.92 Å². The van der Waals surface area contributed by atoms with Crippen molar-refractivity contribution in [3.05, 3.63) is 66.7 Å². The van der Waals surface area contributed by atoms with Crippen molar-refractivity contribution in [2.24, 2.45) is 0 Å². The second-order valence-corrected chi connectivity index (χ2v) is 8.62. The van der Waals surface area contributed by atoms with Gasteiger partial charge in [0.2, 0.25) is 21.8 Å². The average molecular weight is 411 g/mol. The van der Waals surface area contributed by atoms with Crippen molar-refractivity contribution in [2.45, 2.75) is 11.8 Å². The lowest BCUT2D eigenvalue weighted by molar-refractivity contribution is -0.116. The molecule has 29 heavy (non-hydrogen) atoms. The fourth-order valence-corrected chi connectivity index (χ4v) is 3.98. The molecule has 2 N–H and O–H groups in total. The van der Waals surface area contributed by atoms with E-state index in [1.807, 2.05) is 36.4 Å². The van der Waals surface area contributed by atoms with Crippen LogP contribution < -0.4 is 10.6 Å². The lowest BCUT2D eigenvalue weighted by Gasteiger charge is -2.17. The summed E-state index contributed by atoms with van der Waals surface area (Å²) in [6, 6.07) is 19.0. The van der Waals surface area contributed by atoms with Gasteiger partial charge in [0.15, 0.2) is 0 Å². The molecule has 7 nitrogen and oxygen atoms in total. The molecule has 0 heterocycles. The molecule has 0 aliphatic rings. The first-order chi connectivity index (χ1) is 13.8. The number of carbonyl (C=O) groups excluding carboxylic acids is 2. The first kappa shape index (κ1) is 20.5. The summed E-state index contributed by atoms with van der Waals surface area (Å²) in [5.41, 5.74) is 1.09. The second-order valence-electron chi connectivity index (χ2n) is 6.58. The SMILES string of the molecule is CC(=O)Nc1ccc(S(=O)(=O)N(C)CC(=O)Nc2ccc3ccccc3c2)cc1. The zero-order valence-corrected chi connectivity index (χ0v) is 16.9. The lowest BCUT2D eigenvalue weighted by Crippen LogP contribution is -2.34. The Bertz CT molecular complexity index is 1160. The molecule has 3 aromatic carbocycles. The van der Waals surface area contributed by atoms with Crippen molar-refractivity contribution in [1.82, 2.24) is 4.31 Å². The first-order valence-electron chi connectivity index (χ1n) is 8.88. The molecule has 0 unspecified atom stereocenters. The molecule has 2 amide bonds.